The summed E-state index contributed by atoms with van der Waals surface area (Å²) >= 11 is 0. The molecule has 1 fully saturated rings. The molecule has 0 saturated carbocycles. The molecule has 2 heterocycles. The summed E-state index contributed by atoms with van der Waals surface area (Å²) < 4.78 is 0. The van der Waals surface area contributed by atoms with Crippen molar-refractivity contribution in [2.24, 2.45) is 5.92 Å². The Hall–Kier alpha value is -2.17. The second kappa shape index (κ2) is 12.5. The highest BCUT2D eigenvalue weighted by Gasteiger charge is 2.21. The minimum atomic E-state index is 0. The minimum Gasteiger partial charge on any atom is -0.342 e. The molecule has 0 aromatic heterocycles. The summed E-state index contributed by atoms with van der Waals surface area (Å²) in [5, 5.41) is 0. The fraction of sp³-hybridized carbons (Fsp3) is 0.517. The summed E-state index contributed by atoms with van der Waals surface area (Å²) in [6.07, 6.45) is 6.99. The van der Waals surface area contributed by atoms with Crippen LogP contribution in [-0.2, 0) is 24.2 Å². The third-order valence-electron chi connectivity index (χ3n) is 7.65. The number of hydrogen-bond donors (Lipinski definition) is 0. The molecule has 0 radical (unpaired) electrons. The summed E-state index contributed by atoms with van der Waals surface area (Å²) in [5.74, 6) is 1.15. The molecule has 4 nitrogen and oxygen atoms in total. The predicted molar refractivity (Wildman–Crippen MR) is 141 cm³/mol. The molecule has 0 spiro atoms. The van der Waals surface area contributed by atoms with Crippen LogP contribution in [0.15, 0.2) is 42.5 Å². The topological polar surface area (TPSA) is 40.6 Å². The van der Waals surface area contributed by atoms with Crippen molar-refractivity contribution in [3.63, 3.8) is 0 Å². The quantitative estimate of drug-likeness (QED) is 0.480. The number of fused-ring (bicyclic) bond motifs is 1. The van der Waals surface area contributed by atoms with Gasteiger partial charge >= 0.3 is 0 Å². The van der Waals surface area contributed by atoms with Gasteiger partial charge in [-0.25, -0.2) is 0 Å². The molecule has 2 aromatic rings. The molecule has 2 aromatic carbocycles. The van der Waals surface area contributed by atoms with Gasteiger partial charge in [0.2, 0.25) is 5.91 Å². The van der Waals surface area contributed by atoms with Crippen molar-refractivity contribution >= 4 is 24.1 Å². The zero-order valence-electron chi connectivity index (χ0n) is 20.7. The van der Waals surface area contributed by atoms with Gasteiger partial charge in [-0.3, -0.25) is 14.5 Å². The molecule has 2 aliphatic heterocycles. The molecule has 34 heavy (non-hydrogen) atoms. The Labute approximate surface area is 211 Å². The smallest absolute Gasteiger partial charge is 0.219 e. The largest absolute Gasteiger partial charge is 0.342 e. The van der Waals surface area contributed by atoms with Gasteiger partial charge in [0.15, 0.2) is 5.78 Å². The van der Waals surface area contributed by atoms with E-state index in [1.165, 1.54) is 35.1 Å². The number of likely N-dealkylation sites (tertiary alicyclic amines) is 1. The second-order valence-electron chi connectivity index (χ2n) is 9.95. The van der Waals surface area contributed by atoms with Gasteiger partial charge in [0.05, 0.1) is 0 Å². The lowest BCUT2D eigenvalue weighted by atomic mass is 9.90. The van der Waals surface area contributed by atoms with Crippen LogP contribution < -0.4 is 0 Å². The van der Waals surface area contributed by atoms with Gasteiger partial charge in [-0.1, -0.05) is 36.4 Å². The molecule has 0 unspecified atom stereocenters. The van der Waals surface area contributed by atoms with Crippen LogP contribution in [0.3, 0.4) is 0 Å². The van der Waals surface area contributed by atoms with Crippen molar-refractivity contribution in [3.8, 4) is 0 Å². The number of carbonyl (C=O) groups excluding carboxylic acids is 2. The number of ketones is 1. The standard InChI is InChI=1S/C29H38N2O2.ClH/c1-22-6-3-4-8-28(22)21-30-16-12-24(13-17-30)7-5-9-29(33)27-11-10-25-14-18-31(23(2)32)19-15-26(25)20-27;/h3-4,6,8,10-11,20,24H,5,7,9,12-19,21H2,1-2H3;1H. The summed E-state index contributed by atoms with van der Waals surface area (Å²) in [7, 11) is 0. The third kappa shape index (κ3) is 6.93. The lowest BCUT2D eigenvalue weighted by Crippen LogP contribution is -2.33. The molecular formula is C29H39ClN2O2. The number of carbonyl (C=O) groups is 2. The van der Waals surface area contributed by atoms with Gasteiger partial charge in [-0.2, -0.15) is 0 Å². The van der Waals surface area contributed by atoms with E-state index in [9.17, 15) is 9.59 Å². The predicted octanol–water partition coefficient (Wildman–Crippen LogP) is 5.63. The van der Waals surface area contributed by atoms with Crippen LogP contribution in [0.25, 0.3) is 0 Å². The second-order valence-corrected chi connectivity index (χ2v) is 9.95. The average molecular weight is 483 g/mol. The van der Waals surface area contributed by atoms with Crippen molar-refractivity contribution in [3.05, 3.63) is 70.3 Å². The number of piperidine rings is 1. The molecule has 1 amide bonds. The molecule has 4 rings (SSSR count). The van der Waals surface area contributed by atoms with Gasteiger partial charge in [-0.15, -0.1) is 12.4 Å². The van der Waals surface area contributed by atoms with Crippen molar-refractivity contribution in [2.45, 2.75) is 65.3 Å². The Morgan fingerprint density at radius 3 is 2.35 bits per heavy atom. The molecule has 0 atom stereocenters. The minimum absolute atomic E-state index is 0. The van der Waals surface area contributed by atoms with E-state index in [0.29, 0.717) is 6.42 Å². The highest BCUT2D eigenvalue weighted by molar-refractivity contribution is 5.96. The average Bonchev–Trinajstić information content (AvgIpc) is 3.04. The lowest BCUT2D eigenvalue weighted by molar-refractivity contribution is -0.128. The maximum absolute atomic E-state index is 12.8. The molecule has 0 aliphatic carbocycles. The number of benzene rings is 2. The van der Waals surface area contributed by atoms with Gasteiger partial charge in [-0.05, 0) is 92.8 Å². The van der Waals surface area contributed by atoms with Crippen molar-refractivity contribution in [1.82, 2.24) is 9.80 Å². The van der Waals surface area contributed by atoms with E-state index in [2.05, 4.69) is 48.2 Å². The maximum atomic E-state index is 12.8. The summed E-state index contributed by atoms with van der Waals surface area (Å²) in [6.45, 7) is 8.75. The summed E-state index contributed by atoms with van der Waals surface area (Å²) in [6, 6.07) is 14.9. The van der Waals surface area contributed by atoms with E-state index in [1.54, 1.807) is 6.92 Å². The van der Waals surface area contributed by atoms with Crippen LogP contribution in [0.4, 0.5) is 0 Å². The highest BCUT2D eigenvalue weighted by Crippen LogP contribution is 2.25. The van der Waals surface area contributed by atoms with E-state index >= 15 is 0 Å². The van der Waals surface area contributed by atoms with E-state index < -0.39 is 0 Å². The molecular weight excluding hydrogens is 444 g/mol. The Morgan fingerprint density at radius 1 is 0.941 bits per heavy atom. The number of aryl methyl sites for hydroxylation is 1. The Balaban J connectivity index is 0.00000324. The van der Waals surface area contributed by atoms with Crippen LogP contribution in [0.1, 0.15) is 71.6 Å². The van der Waals surface area contributed by atoms with Gasteiger partial charge in [0.1, 0.15) is 0 Å². The van der Waals surface area contributed by atoms with E-state index in [-0.39, 0.29) is 24.1 Å². The van der Waals surface area contributed by atoms with Crippen LogP contribution in [0.2, 0.25) is 0 Å². The Morgan fingerprint density at radius 2 is 1.65 bits per heavy atom. The van der Waals surface area contributed by atoms with Crippen molar-refractivity contribution in [2.75, 3.05) is 26.2 Å². The Kier molecular flexibility index (Phi) is 9.73. The van der Waals surface area contributed by atoms with E-state index in [0.717, 1.165) is 69.9 Å². The first-order chi connectivity index (χ1) is 16.0. The maximum Gasteiger partial charge on any atom is 0.219 e. The lowest BCUT2D eigenvalue weighted by Gasteiger charge is -2.32. The molecule has 5 heteroatoms. The summed E-state index contributed by atoms with van der Waals surface area (Å²) in [5.41, 5.74) is 6.19. The first-order valence-electron chi connectivity index (χ1n) is 12.7. The number of hydrogen-bond acceptors (Lipinski definition) is 3. The third-order valence-corrected chi connectivity index (χ3v) is 7.65. The van der Waals surface area contributed by atoms with Crippen LogP contribution in [0, 0.1) is 12.8 Å². The van der Waals surface area contributed by atoms with Crippen LogP contribution in [0.5, 0.6) is 0 Å². The number of amides is 1. The molecule has 0 bridgehead atoms. The Bertz CT molecular complexity index is 982. The van der Waals surface area contributed by atoms with Crippen LogP contribution >= 0.6 is 12.4 Å². The van der Waals surface area contributed by atoms with Gasteiger partial charge < -0.3 is 4.90 Å². The van der Waals surface area contributed by atoms with E-state index in [1.807, 2.05) is 11.0 Å². The van der Waals surface area contributed by atoms with Crippen LogP contribution in [-0.4, -0.2) is 47.7 Å². The fourth-order valence-corrected chi connectivity index (χ4v) is 5.37. The zero-order valence-corrected chi connectivity index (χ0v) is 21.5. The van der Waals surface area contributed by atoms with Gasteiger partial charge in [0.25, 0.3) is 0 Å². The number of rotatable bonds is 7. The number of Topliss-reactive ketones (excluding diaryl/α,β-unsaturated/α-hetero) is 1. The van der Waals surface area contributed by atoms with Crippen molar-refractivity contribution in [1.29, 1.82) is 0 Å². The first kappa shape index (κ1) is 26.4. The molecule has 1 saturated heterocycles. The van der Waals surface area contributed by atoms with Crippen molar-refractivity contribution < 1.29 is 9.59 Å². The molecule has 0 N–H and O–H groups in total. The summed E-state index contributed by atoms with van der Waals surface area (Å²) in [4.78, 5) is 29.0. The number of nitrogens with zero attached hydrogens (tertiary/aromatic N) is 2. The monoisotopic (exact) mass is 482 g/mol. The van der Waals surface area contributed by atoms with Gasteiger partial charge in [0, 0.05) is 38.5 Å². The molecule has 2 aliphatic rings. The fourth-order valence-electron chi connectivity index (χ4n) is 5.37. The highest BCUT2D eigenvalue weighted by atomic mass is 35.5. The van der Waals surface area contributed by atoms with E-state index in [4.69, 9.17) is 0 Å². The number of halogens is 1. The normalized spacial score (nSPS) is 16.9. The zero-order chi connectivity index (χ0) is 23.2. The first-order valence-corrected chi connectivity index (χ1v) is 12.7. The SMILES string of the molecule is CC(=O)N1CCc2ccc(C(=O)CCCC3CCN(Cc4ccccc4C)CC3)cc2CC1.Cl. The molecule has 184 valence electrons.